The number of rotatable bonds is 5. The molecule has 1 amide bonds. The fourth-order valence-electron chi connectivity index (χ4n) is 2.97. The number of imidazole rings is 1. The van der Waals surface area contributed by atoms with Gasteiger partial charge in [-0.05, 0) is 42.0 Å². The molecule has 4 rings (SSSR count). The Bertz CT molecular complexity index is 1050. The molecule has 27 heavy (non-hydrogen) atoms. The van der Waals surface area contributed by atoms with Crippen molar-refractivity contribution in [1.82, 2.24) is 9.97 Å². The van der Waals surface area contributed by atoms with Gasteiger partial charge in [-0.1, -0.05) is 36.4 Å². The van der Waals surface area contributed by atoms with Crippen LogP contribution in [0.25, 0.3) is 22.4 Å². The molecule has 0 aliphatic carbocycles. The molecule has 1 heterocycles. The predicted octanol–water partition coefficient (Wildman–Crippen LogP) is 4.42. The lowest BCUT2D eigenvalue weighted by atomic mass is 10.1. The smallest absolute Gasteiger partial charge is 0.228 e. The number of nitrogens with one attached hydrogen (secondary N) is 2. The quantitative estimate of drug-likeness (QED) is 0.556. The number of aromatic nitrogens is 2. The van der Waals surface area contributed by atoms with E-state index in [0.717, 1.165) is 39.4 Å². The molecule has 3 aromatic carbocycles. The standard InChI is InChI=1S/C22H19N3O2/c1-27-18-11-9-15(10-12-18)13-21(26)23-17-6-4-5-16(14-17)22-24-19-7-2-3-8-20(19)25-22/h2-12,14H,13H2,1H3,(H,23,26)(H,24,25). The van der Waals surface area contributed by atoms with Crippen LogP contribution in [0.4, 0.5) is 5.69 Å². The largest absolute Gasteiger partial charge is 0.497 e. The zero-order chi connectivity index (χ0) is 18.6. The highest BCUT2D eigenvalue weighted by atomic mass is 16.5. The Morgan fingerprint density at radius 1 is 1.04 bits per heavy atom. The highest BCUT2D eigenvalue weighted by Gasteiger charge is 2.08. The summed E-state index contributed by atoms with van der Waals surface area (Å²) in [4.78, 5) is 20.3. The van der Waals surface area contributed by atoms with E-state index in [9.17, 15) is 4.79 Å². The lowest BCUT2D eigenvalue weighted by Crippen LogP contribution is -2.14. The van der Waals surface area contributed by atoms with Crippen LogP contribution in [0, 0.1) is 0 Å². The average molecular weight is 357 g/mol. The number of anilines is 1. The Balaban J connectivity index is 1.49. The number of H-pyrrole nitrogens is 1. The Morgan fingerprint density at radius 3 is 2.63 bits per heavy atom. The lowest BCUT2D eigenvalue weighted by Gasteiger charge is -2.07. The van der Waals surface area contributed by atoms with Crippen LogP contribution in [-0.2, 0) is 11.2 Å². The summed E-state index contributed by atoms with van der Waals surface area (Å²) in [7, 11) is 1.62. The van der Waals surface area contributed by atoms with Gasteiger partial charge in [0, 0.05) is 11.3 Å². The molecule has 0 spiro atoms. The van der Waals surface area contributed by atoms with E-state index in [0.29, 0.717) is 6.42 Å². The number of fused-ring (bicyclic) bond motifs is 1. The zero-order valence-corrected chi connectivity index (χ0v) is 14.9. The molecule has 0 radical (unpaired) electrons. The first-order valence-electron chi connectivity index (χ1n) is 8.69. The molecule has 0 unspecified atom stereocenters. The number of methoxy groups -OCH3 is 1. The highest BCUT2D eigenvalue weighted by molar-refractivity contribution is 5.93. The monoisotopic (exact) mass is 357 g/mol. The fourth-order valence-corrected chi connectivity index (χ4v) is 2.97. The minimum absolute atomic E-state index is 0.0677. The normalized spacial score (nSPS) is 10.7. The number of hydrogen-bond acceptors (Lipinski definition) is 3. The molecule has 0 aliphatic rings. The molecule has 5 heteroatoms. The van der Waals surface area contributed by atoms with Gasteiger partial charge >= 0.3 is 0 Å². The molecule has 2 N–H and O–H groups in total. The maximum absolute atomic E-state index is 12.4. The highest BCUT2D eigenvalue weighted by Crippen LogP contribution is 2.23. The van der Waals surface area contributed by atoms with Gasteiger partial charge in [0.25, 0.3) is 0 Å². The molecular weight excluding hydrogens is 338 g/mol. The molecule has 0 saturated heterocycles. The molecule has 1 aromatic heterocycles. The van der Waals surface area contributed by atoms with Gasteiger partial charge < -0.3 is 15.0 Å². The van der Waals surface area contributed by atoms with Crippen molar-refractivity contribution in [3.63, 3.8) is 0 Å². The van der Waals surface area contributed by atoms with Gasteiger partial charge in [-0.2, -0.15) is 0 Å². The molecule has 0 atom stereocenters. The second kappa shape index (κ2) is 7.33. The van der Waals surface area contributed by atoms with Gasteiger partial charge in [0.2, 0.25) is 5.91 Å². The third kappa shape index (κ3) is 3.82. The van der Waals surface area contributed by atoms with Crippen molar-refractivity contribution >= 4 is 22.6 Å². The first-order chi connectivity index (χ1) is 13.2. The number of para-hydroxylation sites is 2. The Kier molecular flexibility index (Phi) is 4.58. The summed E-state index contributed by atoms with van der Waals surface area (Å²) in [5.41, 5.74) is 4.50. The van der Waals surface area contributed by atoms with Crippen molar-refractivity contribution in [3.05, 3.63) is 78.4 Å². The summed E-state index contributed by atoms with van der Waals surface area (Å²) < 4.78 is 5.14. The molecule has 0 saturated carbocycles. The summed E-state index contributed by atoms with van der Waals surface area (Å²) in [6.07, 6.45) is 0.304. The van der Waals surface area contributed by atoms with E-state index in [-0.39, 0.29) is 5.91 Å². The van der Waals surface area contributed by atoms with E-state index >= 15 is 0 Å². The topological polar surface area (TPSA) is 67.0 Å². The molecule has 0 bridgehead atoms. The van der Waals surface area contributed by atoms with Crippen molar-refractivity contribution in [3.8, 4) is 17.1 Å². The zero-order valence-electron chi connectivity index (χ0n) is 14.9. The van der Waals surface area contributed by atoms with Crippen LogP contribution in [0.3, 0.4) is 0 Å². The maximum atomic E-state index is 12.4. The first-order valence-corrected chi connectivity index (χ1v) is 8.69. The van der Waals surface area contributed by atoms with Crippen molar-refractivity contribution in [2.45, 2.75) is 6.42 Å². The third-order valence-electron chi connectivity index (χ3n) is 4.33. The van der Waals surface area contributed by atoms with Gasteiger partial charge in [-0.3, -0.25) is 4.79 Å². The van der Waals surface area contributed by atoms with Crippen LogP contribution in [0.5, 0.6) is 5.75 Å². The minimum atomic E-state index is -0.0677. The Labute approximate surface area is 157 Å². The summed E-state index contributed by atoms with van der Waals surface area (Å²) >= 11 is 0. The molecule has 0 aliphatic heterocycles. The fraction of sp³-hybridized carbons (Fsp3) is 0.0909. The third-order valence-corrected chi connectivity index (χ3v) is 4.33. The number of aromatic amines is 1. The number of nitrogens with zero attached hydrogens (tertiary/aromatic N) is 1. The Morgan fingerprint density at radius 2 is 1.85 bits per heavy atom. The molecule has 134 valence electrons. The van der Waals surface area contributed by atoms with Crippen LogP contribution in [0.15, 0.2) is 72.8 Å². The molecule has 0 fully saturated rings. The Hall–Kier alpha value is -3.60. The summed E-state index contributed by atoms with van der Waals surface area (Å²) in [5.74, 6) is 1.49. The average Bonchev–Trinajstić information content (AvgIpc) is 3.13. The van der Waals surface area contributed by atoms with Crippen molar-refractivity contribution in [2.24, 2.45) is 0 Å². The van der Waals surface area contributed by atoms with E-state index in [1.54, 1.807) is 7.11 Å². The van der Waals surface area contributed by atoms with E-state index in [2.05, 4.69) is 15.3 Å². The van der Waals surface area contributed by atoms with Crippen LogP contribution in [-0.4, -0.2) is 23.0 Å². The first kappa shape index (κ1) is 16.8. The summed E-state index contributed by atoms with van der Waals surface area (Å²) in [6, 6.07) is 23.1. The molecule has 5 nitrogen and oxygen atoms in total. The summed E-state index contributed by atoms with van der Waals surface area (Å²) in [6.45, 7) is 0. The lowest BCUT2D eigenvalue weighted by molar-refractivity contribution is -0.115. The van der Waals surface area contributed by atoms with Gasteiger partial charge in [-0.15, -0.1) is 0 Å². The second-order valence-corrected chi connectivity index (χ2v) is 6.26. The van der Waals surface area contributed by atoms with Gasteiger partial charge in [0.05, 0.1) is 24.6 Å². The number of benzene rings is 3. The van der Waals surface area contributed by atoms with Gasteiger partial charge in [0.1, 0.15) is 11.6 Å². The van der Waals surface area contributed by atoms with Gasteiger partial charge in [-0.25, -0.2) is 4.98 Å². The van der Waals surface area contributed by atoms with Gasteiger partial charge in [0.15, 0.2) is 0 Å². The van der Waals surface area contributed by atoms with E-state index in [4.69, 9.17) is 4.74 Å². The number of carbonyl (C=O) groups excluding carboxylic acids is 1. The van der Waals surface area contributed by atoms with Crippen molar-refractivity contribution < 1.29 is 9.53 Å². The second-order valence-electron chi connectivity index (χ2n) is 6.26. The van der Waals surface area contributed by atoms with E-state index in [1.165, 1.54) is 0 Å². The molecule has 4 aromatic rings. The number of ether oxygens (including phenoxy) is 1. The van der Waals surface area contributed by atoms with E-state index in [1.807, 2.05) is 72.8 Å². The van der Waals surface area contributed by atoms with Crippen LogP contribution in [0.2, 0.25) is 0 Å². The van der Waals surface area contributed by atoms with E-state index < -0.39 is 0 Å². The number of hydrogen-bond donors (Lipinski definition) is 2. The molecular formula is C22H19N3O2. The minimum Gasteiger partial charge on any atom is -0.497 e. The van der Waals surface area contributed by atoms with Crippen LogP contribution >= 0.6 is 0 Å². The van der Waals surface area contributed by atoms with Crippen LogP contribution in [0.1, 0.15) is 5.56 Å². The number of carbonyl (C=O) groups is 1. The summed E-state index contributed by atoms with van der Waals surface area (Å²) in [5, 5.41) is 2.95. The SMILES string of the molecule is COc1ccc(CC(=O)Nc2cccc(-c3nc4ccccc4[nH]3)c2)cc1. The number of amides is 1. The van der Waals surface area contributed by atoms with Crippen molar-refractivity contribution in [2.75, 3.05) is 12.4 Å². The van der Waals surface area contributed by atoms with Crippen molar-refractivity contribution in [1.29, 1.82) is 0 Å². The maximum Gasteiger partial charge on any atom is 0.228 e. The van der Waals surface area contributed by atoms with Crippen LogP contribution < -0.4 is 10.1 Å². The predicted molar refractivity (Wildman–Crippen MR) is 107 cm³/mol.